The van der Waals surface area contributed by atoms with Crippen LogP contribution in [0.4, 0.5) is 5.69 Å². The zero-order valence-corrected chi connectivity index (χ0v) is 12.6. The first-order chi connectivity index (χ1) is 9.10. The maximum Gasteiger partial charge on any atom is 0.256 e. The number of nitrogens with two attached hydrogens (primary N) is 1. The second-order valence-electron chi connectivity index (χ2n) is 3.66. The van der Waals surface area contributed by atoms with Gasteiger partial charge in [-0.15, -0.1) is 11.3 Å². The van der Waals surface area contributed by atoms with E-state index in [1.54, 1.807) is 29.6 Å². The van der Waals surface area contributed by atoms with Gasteiger partial charge in [0.05, 0.1) is 8.45 Å². The summed E-state index contributed by atoms with van der Waals surface area (Å²) in [6, 6.07) is 8.61. The van der Waals surface area contributed by atoms with Crippen molar-refractivity contribution in [2.45, 2.75) is 0 Å². The van der Waals surface area contributed by atoms with Crippen molar-refractivity contribution in [2.24, 2.45) is 10.9 Å². The number of amides is 1. The number of hydrogen-bond donors (Lipinski definition) is 3. The average Bonchev–Trinajstić information content (AvgIpc) is 2.85. The largest absolute Gasteiger partial charge is 0.409 e. The number of carbonyl (C=O) groups is 1. The SMILES string of the molecule is NC(=NO)c1cccc(NC(=O)c2csc(I)c2)c1. The van der Waals surface area contributed by atoms with Gasteiger partial charge in [-0.2, -0.15) is 0 Å². The molecular formula is C12H10IN3O2S. The van der Waals surface area contributed by atoms with E-state index < -0.39 is 0 Å². The van der Waals surface area contributed by atoms with Crippen LogP contribution >= 0.6 is 33.9 Å². The number of anilines is 1. The summed E-state index contributed by atoms with van der Waals surface area (Å²) in [5, 5.41) is 16.1. The Hall–Kier alpha value is -1.61. The number of oxime groups is 1. The van der Waals surface area contributed by atoms with E-state index in [0.29, 0.717) is 16.8 Å². The van der Waals surface area contributed by atoms with Gasteiger partial charge in [0.25, 0.3) is 5.91 Å². The second kappa shape index (κ2) is 6.02. The van der Waals surface area contributed by atoms with Gasteiger partial charge in [-0.25, -0.2) is 0 Å². The van der Waals surface area contributed by atoms with Gasteiger partial charge >= 0.3 is 0 Å². The molecule has 0 bridgehead atoms. The summed E-state index contributed by atoms with van der Waals surface area (Å²) in [5.74, 6) is -0.183. The summed E-state index contributed by atoms with van der Waals surface area (Å²) in [7, 11) is 0. The Morgan fingerprint density at radius 2 is 2.16 bits per heavy atom. The molecule has 2 aromatic rings. The first-order valence-corrected chi connectivity index (χ1v) is 7.19. The molecule has 0 spiro atoms. The highest BCUT2D eigenvalue weighted by atomic mass is 127. The number of halogens is 1. The average molecular weight is 387 g/mol. The monoisotopic (exact) mass is 387 g/mol. The van der Waals surface area contributed by atoms with E-state index in [-0.39, 0.29) is 11.7 Å². The molecule has 2 rings (SSSR count). The number of carbonyl (C=O) groups excluding carboxylic acids is 1. The zero-order chi connectivity index (χ0) is 13.8. The molecule has 7 heteroatoms. The summed E-state index contributed by atoms with van der Waals surface area (Å²) >= 11 is 3.67. The summed E-state index contributed by atoms with van der Waals surface area (Å²) < 4.78 is 1.05. The molecule has 0 saturated carbocycles. The van der Waals surface area contributed by atoms with E-state index in [9.17, 15) is 4.79 Å². The number of thiophene rings is 1. The minimum Gasteiger partial charge on any atom is -0.409 e. The van der Waals surface area contributed by atoms with E-state index in [4.69, 9.17) is 10.9 Å². The van der Waals surface area contributed by atoms with E-state index in [0.717, 1.165) is 2.88 Å². The van der Waals surface area contributed by atoms with Crippen LogP contribution in [0.3, 0.4) is 0 Å². The molecule has 98 valence electrons. The number of nitrogens with one attached hydrogen (secondary N) is 1. The Kier molecular flexibility index (Phi) is 4.38. The molecule has 1 amide bonds. The molecule has 1 aromatic carbocycles. The molecule has 0 unspecified atom stereocenters. The highest BCUT2D eigenvalue weighted by molar-refractivity contribution is 14.1. The van der Waals surface area contributed by atoms with Crippen LogP contribution in [0.2, 0.25) is 0 Å². The summed E-state index contributed by atoms with van der Waals surface area (Å²) in [6.07, 6.45) is 0. The molecule has 0 aliphatic carbocycles. The molecule has 0 aliphatic rings. The molecule has 0 saturated heterocycles. The number of hydrogen-bond acceptors (Lipinski definition) is 4. The fourth-order valence-corrected chi connectivity index (χ4v) is 2.77. The lowest BCUT2D eigenvalue weighted by Gasteiger charge is -2.05. The van der Waals surface area contributed by atoms with E-state index in [2.05, 4.69) is 33.1 Å². The molecule has 4 N–H and O–H groups in total. The molecule has 0 atom stereocenters. The molecule has 0 fully saturated rings. The molecule has 1 heterocycles. The van der Waals surface area contributed by atoms with Crippen LogP contribution in [0.25, 0.3) is 0 Å². The molecule has 5 nitrogen and oxygen atoms in total. The van der Waals surface area contributed by atoms with E-state index in [1.165, 1.54) is 11.3 Å². The van der Waals surface area contributed by atoms with Crippen LogP contribution in [0.15, 0.2) is 40.9 Å². The molecule has 1 aromatic heterocycles. The first-order valence-electron chi connectivity index (χ1n) is 5.23. The Balaban J connectivity index is 2.17. The molecule has 19 heavy (non-hydrogen) atoms. The minimum absolute atomic E-state index is 0.00109. The van der Waals surface area contributed by atoms with Crippen molar-refractivity contribution in [2.75, 3.05) is 5.32 Å². The summed E-state index contributed by atoms with van der Waals surface area (Å²) in [6.45, 7) is 0. The highest BCUT2D eigenvalue weighted by Crippen LogP contribution is 2.18. The predicted molar refractivity (Wildman–Crippen MR) is 83.9 cm³/mol. The number of benzene rings is 1. The van der Waals surface area contributed by atoms with Crippen molar-refractivity contribution < 1.29 is 10.0 Å². The summed E-state index contributed by atoms with van der Waals surface area (Å²) in [5.41, 5.74) is 7.25. The Morgan fingerprint density at radius 3 is 2.79 bits per heavy atom. The molecule has 0 radical (unpaired) electrons. The lowest BCUT2D eigenvalue weighted by Crippen LogP contribution is -2.15. The van der Waals surface area contributed by atoms with Gasteiger partial charge < -0.3 is 16.3 Å². The first kappa shape index (κ1) is 13.8. The lowest BCUT2D eigenvalue weighted by atomic mass is 10.2. The van der Waals surface area contributed by atoms with Crippen molar-refractivity contribution >= 4 is 51.4 Å². The van der Waals surface area contributed by atoms with Gasteiger partial charge in [0, 0.05) is 16.6 Å². The quantitative estimate of drug-likeness (QED) is 0.249. The van der Waals surface area contributed by atoms with E-state index >= 15 is 0 Å². The van der Waals surface area contributed by atoms with Gasteiger partial charge in [0.2, 0.25) is 0 Å². The van der Waals surface area contributed by atoms with Gasteiger partial charge in [-0.1, -0.05) is 17.3 Å². The topological polar surface area (TPSA) is 87.7 Å². The van der Waals surface area contributed by atoms with Crippen LogP contribution in [-0.4, -0.2) is 17.0 Å². The zero-order valence-electron chi connectivity index (χ0n) is 9.63. The van der Waals surface area contributed by atoms with Gasteiger partial charge in [-0.05, 0) is 40.8 Å². The molecular weight excluding hydrogens is 377 g/mol. The van der Waals surface area contributed by atoms with Gasteiger partial charge in [-0.3, -0.25) is 4.79 Å². The third-order valence-corrected chi connectivity index (χ3v) is 4.14. The Labute approximate surface area is 127 Å². The van der Waals surface area contributed by atoms with Gasteiger partial charge in [0.1, 0.15) is 0 Å². The second-order valence-corrected chi connectivity index (χ2v) is 6.47. The van der Waals surface area contributed by atoms with Crippen molar-refractivity contribution in [3.8, 4) is 0 Å². The van der Waals surface area contributed by atoms with Crippen LogP contribution < -0.4 is 11.1 Å². The molecule has 0 aliphatic heterocycles. The Bertz CT molecular complexity index is 639. The van der Waals surface area contributed by atoms with Crippen LogP contribution in [0, 0.1) is 2.88 Å². The third-order valence-electron chi connectivity index (χ3n) is 2.35. The lowest BCUT2D eigenvalue weighted by molar-refractivity contribution is 0.102. The Morgan fingerprint density at radius 1 is 1.37 bits per heavy atom. The maximum absolute atomic E-state index is 12.0. The fraction of sp³-hybridized carbons (Fsp3) is 0. The normalized spacial score (nSPS) is 11.3. The van der Waals surface area contributed by atoms with Gasteiger partial charge in [0.15, 0.2) is 5.84 Å². The number of rotatable bonds is 3. The fourth-order valence-electron chi connectivity index (χ4n) is 1.45. The van der Waals surface area contributed by atoms with Crippen LogP contribution in [-0.2, 0) is 0 Å². The minimum atomic E-state index is -0.184. The van der Waals surface area contributed by atoms with Crippen LogP contribution in [0.5, 0.6) is 0 Å². The van der Waals surface area contributed by atoms with Crippen molar-refractivity contribution in [3.63, 3.8) is 0 Å². The van der Waals surface area contributed by atoms with Crippen molar-refractivity contribution in [1.29, 1.82) is 0 Å². The smallest absolute Gasteiger partial charge is 0.256 e. The van der Waals surface area contributed by atoms with E-state index in [1.807, 2.05) is 6.07 Å². The third kappa shape index (κ3) is 3.44. The highest BCUT2D eigenvalue weighted by Gasteiger charge is 2.09. The van der Waals surface area contributed by atoms with Crippen molar-refractivity contribution in [1.82, 2.24) is 0 Å². The number of nitrogens with zero attached hydrogens (tertiary/aromatic N) is 1. The standard InChI is InChI=1S/C12H10IN3O2S/c13-10-5-8(6-19-10)12(17)15-9-3-1-2-7(4-9)11(14)16-18/h1-6,18H,(H2,14,16)(H,15,17). The maximum atomic E-state index is 12.0. The predicted octanol–water partition coefficient (Wildman–Crippen LogP) is 2.70. The number of amidine groups is 1. The van der Waals surface area contributed by atoms with Crippen molar-refractivity contribution in [3.05, 3.63) is 49.7 Å². The van der Waals surface area contributed by atoms with Crippen LogP contribution in [0.1, 0.15) is 15.9 Å². The summed E-state index contributed by atoms with van der Waals surface area (Å²) in [4.78, 5) is 12.0.